The molecule has 0 fully saturated rings. The van der Waals surface area contributed by atoms with Gasteiger partial charge in [-0.1, -0.05) is 35.7 Å². The summed E-state index contributed by atoms with van der Waals surface area (Å²) in [5.41, 5.74) is 3.43. The Hall–Kier alpha value is -3.99. The fourth-order valence-corrected chi connectivity index (χ4v) is 3.28. The largest absolute Gasteiger partial charge is 0.487 e. The molecule has 0 aliphatic rings. The van der Waals surface area contributed by atoms with Gasteiger partial charge in [-0.2, -0.15) is 0 Å². The highest BCUT2D eigenvalue weighted by Gasteiger charge is 2.07. The van der Waals surface area contributed by atoms with E-state index < -0.39 is 0 Å². The Kier molecular flexibility index (Phi) is 7.66. The molecule has 2 heterocycles. The molecule has 34 heavy (non-hydrogen) atoms. The van der Waals surface area contributed by atoms with Gasteiger partial charge in [0.15, 0.2) is 0 Å². The van der Waals surface area contributed by atoms with E-state index in [9.17, 15) is 4.39 Å². The van der Waals surface area contributed by atoms with Crippen LogP contribution >= 0.6 is 11.6 Å². The summed E-state index contributed by atoms with van der Waals surface area (Å²) in [6.45, 7) is 0.620. The Morgan fingerprint density at radius 3 is 2.74 bits per heavy atom. The fourth-order valence-electron chi connectivity index (χ4n) is 3.05. The molecule has 0 aliphatic heterocycles. The van der Waals surface area contributed by atoms with E-state index in [4.69, 9.17) is 21.1 Å². The van der Waals surface area contributed by atoms with Gasteiger partial charge in [-0.25, -0.2) is 19.3 Å². The van der Waals surface area contributed by atoms with Gasteiger partial charge in [0.05, 0.1) is 22.9 Å². The van der Waals surface area contributed by atoms with Crippen molar-refractivity contribution >= 4 is 23.1 Å². The summed E-state index contributed by atoms with van der Waals surface area (Å²) in [6, 6.07) is 17.1. The predicted octanol–water partition coefficient (Wildman–Crippen LogP) is 5.53. The van der Waals surface area contributed by atoms with E-state index in [2.05, 4.69) is 32.1 Å². The number of nitrogens with zero attached hydrogens (tertiary/aromatic N) is 3. The summed E-state index contributed by atoms with van der Waals surface area (Å²) >= 11 is 6.40. The third-order valence-electron chi connectivity index (χ3n) is 4.61. The molecule has 2 aromatic carbocycles. The van der Waals surface area contributed by atoms with E-state index in [1.165, 1.54) is 18.5 Å². The highest BCUT2D eigenvalue weighted by atomic mass is 35.5. The molecule has 0 spiro atoms. The van der Waals surface area contributed by atoms with Crippen LogP contribution in [0.3, 0.4) is 0 Å². The molecule has 2 aromatic heterocycles. The van der Waals surface area contributed by atoms with Crippen LogP contribution in [0, 0.1) is 17.7 Å². The molecule has 0 unspecified atom stereocenters. The maximum atomic E-state index is 13.3. The molecule has 0 atom stereocenters. The Morgan fingerprint density at radius 2 is 1.91 bits per heavy atom. The standard InChI is InChI=1S/C26H20ClFN4O2/c1-33-16-23-7-3-6-21(31-23)9-8-19-14-29-17-30-26(19)32-22-10-11-25(24(27)13-22)34-15-18-4-2-5-20(28)12-18/h2-7,10-14,17H,15-16H2,1H3,(H,29,30,32). The minimum Gasteiger partial charge on any atom is -0.487 e. The molecule has 6 nitrogen and oxygen atoms in total. The van der Waals surface area contributed by atoms with Crippen LogP contribution in [-0.4, -0.2) is 22.1 Å². The van der Waals surface area contributed by atoms with Crippen LogP contribution in [-0.2, 0) is 18.0 Å². The summed E-state index contributed by atoms with van der Waals surface area (Å²) in [6.07, 6.45) is 3.06. The highest BCUT2D eigenvalue weighted by Crippen LogP contribution is 2.30. The van der Waals surface area contributed by atoms with E-state index in [0.29, 0.717) is 45.7 Å². The van der Waals surface area contributed by atoms with Crippen molar-refractivity contribution in [3.05, 3.63) is 107 Å². The SMILES string of the molecule is COCc1cccc(C#Cc2cncnc2Nc2ccc(OCc3cccc(F)c3)c(Cl)c2)n1. The molecule has 4 aromatic rings. The summed E-state index contributed by atoms with van der Waals surface area (Å²) < 4.78 is 24.2. The monoisotopic (exact) mass is 474 g/mol. The van der Waals surface area contributed by atoms with Crippen molar-refractivity contribution in [2.75, 3.05) is 12.4 Å². The zero-order chi connectivity index (χ0) is 23.8. The number of aromatic nitrogens is 3. The molecule has 0 radical (unpaired) electrons. The van der Waals surface area contributed by atoms with Crippen LogP contribution in [0.5, 0.6) is 5.75 Å². The average Bonchev–Trinajstić information content (AvgIpc) is 2.84. The number of halogens is 2. The normalized spacial score (nSPS) is 10.3. The topological polar surface area (TPSA) is 69.2 Å². The first kappa shape index (κ1) is 23.2. The zero-order valence-corrected chi connectivity index (χ0v) is 19.0. The van der Waals surface area contributed by atoms with Crippen molar-refractivity contribution in [1.82, 2.24) is 15.0 Å². The van der Waals surface area contributed by atoms with Crippen molar-refractivity contribution in [3.63, 3.8) is 0 Å². The van der Waals surface area contributed by atoms with Gasteiger partial charge in [0.25, 0.3) is 0 Å². The Bertz CT molecular complexity index is 1350. The van der Waals surface area contributed by atoms with Gasteiger partial charge in [0, 0.05) is 19.0 Å². The van der Waals surface area contributed by atoms with E-state index in [1.54, 1.807) is 37.6 Å². The maximum Gasteiger partial charge on any atom is 0.149 e. The predicted molar refractivity (Wildman–Crippen MR) is 128 cm³/mol. The quantitative estimate of drug-likeness (QED) is 0.355. The van der Waals surface area contributed by atoms with Gasteiger partial charge in [-0.05, 0) is 53.9 Å². The van der Waals surface area contributed by atoms with E-state index in [0.717, 1.165) is 5.69 Å². The second kappa shape index (κ2) is 11.2. The van der Waals surface area contributed by atoms with Crippen molar-refractivity contribution in [2.24, 2.45) is 0 Å². The van der Waals surface area contributed by atoms with Crippen molar-refractivity contribution in [2.45, 2.75) is 13.2 Å². The second-order valence-corrected chi connectivity index (χ2v) is 7.58. The molecule has 0 saturated heterocycles. The third-order valence-corrected chi connectivity index (χ3v) is 4.91. The Labute approximate surface area is 201 Å². The molecular weight excluding hydrogens is 455 g/mol. The minimum atomic E-state index is -0.311. The van der Waals surface area contributed by atoms with Gasteiger partial charge < -0.3 is 14.8 Å². The van der Waals surface area contributed by atoms with E-state index in [1.807, 2.05) is 24.3 Å². The Balaban J connectivity index is 1.47. The minimum absolute atomic E-state index is 0.204. The lowest BCUT2D eigenvalue weighted by atomic mass is 10.2. The fraction of sp³-hybridized carbons (Fsp3) is 0.115. The molecule has 4 rings (SSSR count). The molecule has 1 N–H and O–H groups in total. The number of nitrogens with one attached hydrogen (secondary N) is 1. The van der Waals surface area contributed by atoms with Gasteiger partial charge in [0.1, 0.15) is 36.0 Å². The first-order valence-corrected chi connectivity index (χ1v) is 10.7. The number of benzene rings is 2. The second-order valence-electron chi connectivity index (χ2n) is 7.17. The third kappa shape index (κ3) is 6.29. The first-order valence-electron chi connectivity index (χ1n) is 10.3. The van der Waals surface area contributed by atoms with Gasteiger partial charge in [0.2, 0.25) is 0 Å². The van der Waals surface area contributed by atoms with Crippen LogP contribution in [0.15, 0.2) is 73.2 Å². The number of anilines is 2. The number of hydrogen-bond donors (Lipinski definition) is 1. The smallest absolute Gasteiger partial charge is 0.149 e. The van der Waals surface area contributed by atoms with Gasteiger partial charge in [-0.15, -0.1) is 0 Å². The Morgan fingerprint density at radius 1 is 1.03 bits per heavy atom. The molecule has 170 valence electrons. The summed E-state index contributed by atoms with van der Waals surface area (Å²) in [5.74, 6) is 6.80. The summed E-state index contributed by atoms with van der Waals surface area (Å²) in [4.78, 5) is 12.8. The molecule has 0 bridgehead atoms. The number of methoxy groups -OCH3 is 1. The number of pyridine rings is 1. The lowest BCUT2D eigenvalue weighted by Gasteiger charge is -2.11. The lowest BCUT2D eigenvalue weighted by Crippen LogP contribution is -1.99. The molecule has 0 aliphatic carbocycles. The molecule has 0 saturated carbocycles. The summed E-state index contributed by atoms with van der Waals surface area (Å²) in [5, 5.41) is 3.61. The van der Waals surface area contributed by atoms with Crippen LogP contribution in [0.4, 0.5) is 15.9 Å². The molecular formula is C26H20ClFN4O2. The van der Waals surface area contributed by atoms with Crippen LogP contribution < -0.4 is 10.1 Å². The van der Waals surface area contributed by atoms with Crippen LogP contribution in [0.2, 0.25) is 5.02 Å². The maximum absolute atomic E-state index is 13.3. The lowest BCUT2D eigenvalue weighted by molar-refractivity contribution is 0.181. The average molecular weight is 475 g/mol. The van der Waals surface area contributed by atoms with Crippen LogP contribution in [0.25, 0.3) is 0 Å². The number of hydrogen-bond acceptors (Lipinski definition) is 6. The van der Waals surface area contributed by atoms with E-state index >= 15 is 0 Å². The van der Waals surface area contributed by atoms with Crippen molar-refractivity contribution < 1.29 is 13.9 Å². The molecule has 8 heteroatoms. The molecule has 0 amide bonds. The van der Waals surface area contributed by atoms with Crippen LogP contribution in [0.1, 0.15) is 22.5 Å². The van der Waals surface area contributed by atoms with Crippen molar-refractivity contribution in [3.8, 4) is 17.6 Å². The summed E-state index contributed by atoms with van der Waals surface area (Å²) in [7, 11) is 1.62. The van der Waals surface area contributed by atoms with Gasteiger partial charge in [-0.3, -0.25) is 0 Å². The number of ether oxygens (including phenoxy) is 2. The first-order chi connectivity index (χ1) is 16.6. The van der Waals surface area contributed by atoms with Crippen molar-refractivity contribution in [1.29, 1.82) is 0 Å². The van der Waals surface area contributed by atoms with E-state index in [-0.39, 0.29) is 12.4 Å². The highest BCUT2D eigenvalue weighted by molar-refractivity contribution is 6.32. The number of rotatable bonds is 7. The zero-order valence-electron chi connectivity index (χ0n) is 18.3. The van der Waals surface area contributed by atoms with Gasteiger partial charge >= 0.3 is 0 Å².